The molecule has 1 aliphatic rings. The predicted octanol–water partition coefficient (Wildman–Crippen LogP) is 1.73. The largest absolute Gasteiger partial charge is 0.466 e. The Bertz CT molecular complexity index is 233. The van der Waals surface area contributed by atoms with E-state index in [9.17, 15) is 4.79 Å². The first-order valence-corrected chi connectivity index (χ1v) is 6.60. The van der Waals surface area contributed by atoms with Crippen LogP contribution in [0.3, 0.4) is 0 Å². The summed E-state index contributed by atoms with van der Waals surface area (Å²) < 4.78 is 10.3. The Balaban J connectivity index is 2.30. The molecule has 0 bridgehead atoms. The van der Waals surface area contributed by atoms with Gasteiger partial charge >= 0.3 is 5.97 Å². The summed E-state index contributed by atoms with van der Waals surface area (Å²) in [4.78, 5) is 11.7. The maximum Gasteiger partial charge on any atom is 0.308 e. The van der Waals surface area contributed by atoms with Gasteiger partial charge in [-0.25, -0.2) is 0 Å². The number of carbonyl (C=O) groups excluding carboxylic acids is 1. The minimum absolute atomic E-state index is 0.0289. The van der Waals surface area contributed by atoms with Crippen molar-refractivity contribution in [1.29, 1.82) is 0 Å². The summed E-state index contributed by atoms with van der Waals surface area (Å²) in [7, 11) is 1.72. The molecule has 1 fully saturated rings. The minimum atomic E-state index is -0.0289. The van der Waals surface area contributed by atoms with E-state index in [4.69, 9.17) is 9.47 Å². The second-order valence-electron chi connectivity index (χ2n) is 4.77. The van der Waals surface area contributed by atoms with Crippen LogP contribution in [-0.2, 0) is 14.3 Å². The van der Waals surface area contributed by atoms with E-state index in [2.05, 4.69) is 5.32 Å². The van der Waals surface area contributed by atoms with Gasteiger partial charge in [-0.15, -0.1) is 0 Å². The average Bonchev–Trinajstić information content (AvgIpc) is 2.36. The van der Waals surface area contributed by atoms with Crippen LogP contribution >= 0.6 is 0 Å². The van der Waals surface area contributed by atoms with Crippen molar-refractivity contribution in [1.82, 2.24) is 5.32 Å². The molecule has 1 rings (SSSR count). The molecule has 3 unspecified atom stereocenters. The summed E-state index contributed by atoms with van der Waals surface area (Å²) in [6.07, 6.45) is 4.33. The molecule has 0 aromatic carbocycles. The highest BCUT2D eigenvalue weighted by Crippen LogP contribution is 2.25. The summed E-state index contributed by atoms with van der Waals surface area (Å²) in [6, 6.07) is 0.427. The van der Waals surface area contributed by atoms with Gasteiger partial charge in [-0.05, 0) is 33.1 Å². The first kappa shape index (κ1) is 14.5. The van der Waals surface area contributed by atoms with Gasteiger partial charge in [0.15, 0.2) is 0 Å². The lowest BCUT2D eigenvalue weighted by molar-refractivity contribution is -0.149. The van der Waals surface area contributed by atoms with Gasteiger partial charge in [-0.1, -0.05) is 6.42 Å². The SMILES string of the molecule is CCOC(=O)C1CCCC(NCC(C)OC)C1. The zero-order valence-electron chi connectivity index (χ0n) is 11.2. The van der Waals surface area contributed by atoms with Crippen molar-refractivity contribution in [2.75, 3.05) is 20.3 Å². The molecule has 1 aliphatic carbocycles. The van der Waals surface area contributed by atoms with Crippen LogP contribution in [0.4, 0.5) is 0 Å². The second kappa shape index (κ2) is 7.67. The zero-order valence-corrected chi connectivity index (χ0v) is 11.2. The van der Waals surface area contributed by atoms with Gasteiger partial charge in [0.2, 0.25) is 0 Å². The molecule has 0 aromatic heterocycles. The van der Waals surface area contributed by atoms with Crippen LogP contribution in [-0.4, -0.2) is 38.4 Å². The lowest BCUT2D eigenvalue weighted by Crippen LogP contribution is -2.40. The summed E-state index contributed by atoms with van der Waals surface area (Å²) in [5.74, 6) is 0.0536. The van der Waals surface area contributed by atoms with E-state index < -0.39 is 0 Å². The summed E-state index contributed by atoms with van der Waals surface area (Å²) in [5, 5.41) is 3.47. The minimum Gasteiger partial charge on any atom is -0.466 e. The molecule has 0 aliphatic heterocycles. The molecular weight excluding hydrogens is 218 g/mol. The topological polar surface area (TPSA) is 47.6 Å². The summed E-state index contributed by atoms with van der Waals surface area (Å²) >= 11 is 0. The number of nitrogens with one attached hydrogen (secondary N) is 1. The van der Waals surface area contributed by atoms with Crippen LogP contribution in [0, 0.1) is 5.92 Å². The molecule has 100 valence electrons. The van der Waals surface area contributed by atoms with E-state index in [1.807, 2.05) is 13.8 Å². The Morgan fingerprint density at radius 3 is 2.88 bits per heavy atom. The highest BCUT2D eigenvalue weighted by molar-refractivity contribution is 5.72. The zero-order chi connectivity index (χ0) is 12.7. The van der Waals surface area contributed by atoms with Crippen molar-refractivity contribution >= 4 is 5.97 Å². The third-order valence-electron chi connectivity index (χ3n) is 3.39. The number of hydrogen-bond donors (Lipinski definition) is 1. The first-order chi connectivity index (χ1) is 8.17. The predicted molar refractivity (Wildman–Crippen MR) is 66.9 cm³/mol. The van der Waals surface area contributed by atoms with E-state index in [0.717, 1.165) is 32.2 Å². The molecule has 0 heterocycles. The Kier molecular flexibility index (Phi) is 6.52. The van der Waals surface area contributed by atoms with E-state index >= 15 is 0 Å². The number of rotatable bonds is 6. The molecular formula is C13H25NO3. The van der Waals surface area contributed by atoms with Crippen molar-refractivity contribution in [2.45, 2.75) is 51.7 Å². The first-order valence-electron chi connectivity index (χ1n) is 6.60. The maximum atomic E-state index is 11.7. The molecule has 0 amide bonds. The molecule has 4 heteroatoms. The Labute approximate surface area is 104 Å². The molecule has 4 nitrogen and oxygen atoms in total. The monoisotopic (exact) mass is 243 g/mol. The van der Waals surface area contributed by atoms with Gasteiger partial charge in [0, 0.05) is 19.7 Å². The van der Waals surface area contributed by atoms with Crippen molar-refractivity contribution in [3.8, 4) is 0 Å². The van der Waals surface area contributed by atoms with Crippen LogP contribution in [0.25, 0.3) is 0 Å². The molecule has 0 aromatic rings. The third-order valence-corrected chi connectivity index (χ3v) is 3.39. The van der Waals surface area contributed by atoms with Crippen molar-refractivity contribution < 1.29 is 14.3 Å². The number of esters is 1. The molecule has 0 spiro atoms. The fourth-order valence-electron chi connectivity index (χ4n) is 2.27. The Morgan fingerprint density at radius 1 is 1.47 bits per heavy atom. The van der Waals surface area contributed by atoms with Gasteiger partial charge < -0.3 is 14.8 Å². The van der Waals surface area contributed by atoms with Crippen LogP contribution in [0.2, 0.25) is 0 Å². The van der Waals surface area contributed by atoms with Crippen LogP contribution in [0.15, 0.2) is 0 Å². The van der Waals surface area contributed by atoms with Gasteiger partial charge in [0.1, 0.15) is 0 Å². The maximum absolute atomic E-state index is 11.7. The standard InChI is InChI=1S/C13H25NO3/c1-4-17-13(15)11-6-5-7-12(8-11)14-9-10(2)16-3/h10-12,14H,4-9H2,1-3H3. The lowest BCUT2D eigenvalue weighted by Gasteiger charge is -2.29. The van der Waals surface area contributed by atoms with E-state index in [0.29, 0.717) is 12.6 Å². The molecule has 3 atom stereocenters. The summed E-state index contributed by atoms with van der Waals surface area (Å²) in [6.45, 7) is 5.22. The van der Waals surface area contributed by atoms with Gasteiger partial charge in [0.05, 0.1) is 18.6 Å². The highest BCUT2D eigenvalue weighted by Gasteiger charge is 2.27. The molecule has 0 radical (unpaired) electrons. The van der Waals surface area contributed by atoms with Gasteiger partial charge in [-0.2, -0.15) is 0 Å². The average molecular weight is 243 g/mol. The normalized spacial score (nSPS) is 26.5. The Morgan fingerprint density at radius 2 is 2.24 bits per heavy atom. The van der Waals surface area contributed by atoms with Crippen molar-refractivity contribution in [3.05, 3.63) is 0 Å². The van der Waals surface area contributed by atoms with E-state index in [1.165, 1.54) is 0 Å². The number of ether oxygens (including phenoxy) is 2. The fourth-order valence-corrected chi connectivity index (χ4v) is 2.27. The van der Waals surface area contributed by atoms with Crippen LogP contribution in [0.5, 0.6) is 0 Å². The number of carbonyl (C=O) groups is 1. The Hall–Kier alpha value is -0.610. The van der Waals surface area contributed by atoms with Crippen molar-refractivity contribution in [3.63, 3.8) is 0 Å². The smallest absolute Gasteiger partial charge is 0.308 e. The highest BCUT2D eigenvalue weighted by atomic mass is 16.5. The molecule has 17 heavy (non-hydrogen) atoms. The van der Waals surface area contributed by atoms with Gasteiger partial charge in [0.25, 0.3) is 0 Å². The van der Waals surface area contributed by atoms with E-state index in [1.54, 1.807) is 7.11 Å². The quantitative estimate of drug-likeness (QED) is 0.722. The molecule has 1 N–H and O–H groups in total. The number of methoxy groups -OCH3 is 1. The molecule has 0 saturated heterocycles. The van der Waals surface area contributed by atoms with Crippen molar-refractivity contribution in [2.24, 2.45) is 5.92 Å². The van der Waals surface area contributed by atoms with E-state index in [-0.39, 0.29) is 18.0 Å². The lowest BCUT2D eigenvalue weighted by atomic mass is 9.85. The third kappa shape index (κ3) is 5.04. The van der Waals surface area contributed by atoms with Gasteiger partial charge in [-0.3, -0.25) is 4.79 Å². The fraction of sp³-hybridized carbons (Fsp3) is 0.923. The second-order valence-corrected chi connectivity index (χ2v) is 4.77. The summed E-state index contributed by atoms with van der Waals surface area (Å²) in [5.41, 5.74) is 0. The number of hydrogen-bond acceptors (Lipinski definition) is 4. The molecule has 1 saturated carbocycles. The van der Waals surface area contributed by atoms with Crippen LogP contribution < -0.4 is 5.32 Å². The van der Waals surface area contributed by atoms with Crippen LogP contribution in [0.1, 0.15) is 39.5 Å².